The van der Waals surface area contributed by atoms with Crippen LogP contribution in [0.25, 0.3) is 0 Å². The van der Waals surface area contributed by atoms with Gasteiger partial charge in [0.25, 0.3) is 0 Å². The Morgan fingerprint density at radius 2 is 1.89 bits per heavy atom. The van der Waals surface area contributed by atoms with Crippen molar-refractivity contribution in [2.45, 2.75) is 39.2 Å². The smallest absolute Gasteiger partial charge is 0.240 e. The van der Waals surface area contributed by atoms with E-state index in [0.29, 0.717) is 12.8 Å². The highest BCUT2D eigenvalue weighted by molar-refractivity contribution is 5.86. The first kappa shape index (κ1) is 15.2. The number of nitrogens with one attached hydrogen (secondary N) is 1. The average molecular weight is 262 g/mol. The third-order valence-corrected chi connectivity index (χ3v) is 3.32. The Kier molecular flexibility index (Phi) is 6.06. The third-order valence-electron chi connectivity index (χ3n) is 3.32. The molecule has 0 aliphatic rings. The molecule has 0 aromatic heterocycles. The van der Waals surface area contributed by atoms with Crippen LogP contribution in [0.3, 0.4) is 0 Å². The quantitative estimate of drug-likeness (QED) is 0.784. The van der Waals surface area contributed by atoms with Gasteiger partial charge in [0, 0.05) is 6.42 Å². The van der Waals surface area contributed by atoms with Crippen molar-refractivity contribution >= 4 is 11.8 Å². The summed E-state index contributed by atoms with van der Waals surface area (Å²) in [4.78, 5) is 23.1. The number of hydrogen-bond acceptors (Lipinski definition) is 2. The van der Waals surface area contributed by atoms with Crippen molar-refractivity contribution in [2.75, 3.05) is 0 Å². The van der Waals surface area contributed by atoms with Crippen LogP contribution in [0.5, 0.6) is 0 Å². The second-order valence-corrected chi connectivity index (χ2v) is 4.82. The van der Waals surface area contributed by atoms with Crippen LogP contribution < -0.4 is 11.1 Å². The maximum atomic E-state index is 11.8. The highest BCUT2D eigenvalue weighted by atomic mass is 16.2. The summed E-state index contributed by atoms with van der Waals surface area (Å²) in [5.41, 5.74) is 6.42. The van der Waals surface area contributed by atoms with Crippen molar-refractivity contribution in [3.63, 3.8) is 0 Å². The Labute approximate surface area is 114 Å². The number of amides is 2. The summed E-state index contributed by atoms with van der Waals surface area (Å²) in [6.07, 6.45) is 1.83. The highest BCUT2D eigenvalue weighted by Gasteiger charge is 2.23. The number of carbonyl (C=O) groups is 2. The molecule has 3 N–H and O–H groups in total. The van der Waals surface area contributed by atoms with Gasteiger partial charge in [0.15, 0.2) is 0 Å². The lowest BCUT2D eigenvalue weighted by Crippen LogP contribution is -2.48. The van der Waals surface area contributed by atoms with Crippen LogP contribution in [0.4, 0.5) is 0 Å². The Balaban J connectivity index is 2.47. The molecule has 0 aliphatic heterocycles. The number of primary amides is 1. The Morgan fingerprint density at radius 3 is 2.42 bits per heavy atom. The molecule has 1 aromatic rings. The van der Waals surface area contributed by atoms with E-state index in [-0.39, 0.29) is 11.8 Å². The zero-order chi connectivity index (χ0) is 14.3. The van der Waals surface area contributed by atoms with E-state index in [2.05, 4.69) is 5.32 Å². The number of nitrogens with two attached hydrogens (primary N) is 1. The van der Waals surface area contributed by atoms with Crippen molar-refractivity contribution < 1.29 is 9.59 Å². The molecule has 1 aromatic carbocycles. The Hall–Kier alpha value is -1.84. The maximum absolute atomic E-state index is 11.8. The van der Waals surface area contributed by atoms with Gasteiger partial charge >= 0.3 is 0 Å². The van der Waals surface area contributed by atoms with Gasteiger partial charge in [0.2, 0.25) is 11.8 Å². The van der Waals surface area contributed by atoms with E-state index < -0.39 is 11.9 Å². The summed E-state index contributed by atoms with van der Waals surface area (Å²) in [5.74, 6) is -0.548. The van der Waals surface area contributed by atoms with Gasteiger partial charge < -0.3 is 11.1 Å². The molecule has 4 nitrogen and oxygen atoms in total. The molecule has 0 saturated heterocycles. The first-order valence-corrected chi connectivity index (χ1v) is 6.67. The lowest BCUT2D eigenvalue weighted by molar-refractivity contribution is -0.128. The zero-order valence-electron chi connectivity index (χ0n) is 11.6. The van der Waals surface area contributed by atoms with Crippen LogP contribution >= 0.6 is 0 Å². The molecule has 0 saturated carbocycles. The fraction of sp³-hybridized carbons (Fsp3) is 0.467. The summed E-state index contributed by atoms with van der Waals surface area (Å²) in [7, 11) is 0. The molecule has 0 heterocycles. The van der Waals surface area contributed by atoms with E-state index in [1.165, 1.54) is 0 Å². The number of hydrogen-bond donors (Lipinski definition) is 2. The standard InChI is InChI=1S/C15H22N2O2/c1-3-11(2)14(15(16)19)17-13(18)10-9-12-7-5-4-6-8-12/h4-8,11,14H,3,9-10H2,1-2H3,(H2,16,19)(H,17,18)/t11-,14-/m0/s1. The second-order valence-electron chi connectivity index (χ2n) is 4.82. The van der Waals surface area contributed by atoms with Gasteiger partial charge in [-0.1, -0.05) is 50.6 Å². The van der Waals surface area contributed by atoms with E-state index in [0.717, 1.165) is 12.0 Å². The number of carbonyl (C=O) groups excluding carboxylic acids is 2. The molecule has 104 valence electrons. The molecule has 19 heavy (non-hydrogen) atoms. The van der Waals surface area contributed by atoms with Crippen LogP contribution in [-0.4, -0.2) is 17.9 Å². The summed E-state index contributed by atoms with van der Waals surface area (Å²) < 4.78 is 0. The minimum absolute atomic E-state index is 0.0539. The molecule has 0 spiro atoms. The van der Waals surface area contributed by atoms with Gasteiger partial charge in [-0.3, -0.25) is 9.59 Å². The Bertz CT molecular complexity index is 417. The predicted molar refractivity (Wildman–Crippen MR) is 75.3 cm³/mol. The van der Waals surface area contributed by atoms with Gasteiger partial charge in [-0.2, -0.15) is 0 Å². The SMILES string of the molecule is CC[C@H](C)[C@H](NC(=O)CCc1ccccc1)C(N)=O. The van der Waals surface area contributed by atoms with E-state index in [4.69, 9.17) is 5.73 Å². The van der Waals surface area contributed by atoms with Gasteiger partial charge in [-0.15, -0.1) is 0 Å². The molecule has 0 radical (unpaired) electrons. The molecule has 2 amide bonds. The monoisotopic (exact) mass is 262 g/mol. The Morgan fingerprint density at radius 1 is 1.26 bits per heavy atom. The molecule has 0 bridgehead atoms. The number of benzene rings is 1. The van der Waals surface area contributed by atoms with E-state index in [9.17, 15) is 9.59 Å². The average Bonchev–Trinajstić information content (AvgIpc) is 2.42. The summed E-state index contributed by atoms with van der Waals surface area (Å²) in [6.45, 7) is 3.88. The summed E-state index contributed by atoms with van der Waals surface area (Å²) >= 11 is 0. The number of rotatable bonds is 7. The van der Waals surface area contributed by atoms with Gasteiger partial charge in [-0.05, 0) is 17.9 Å². The second kappa shape index (κ2) is 7.56. The third kappa shape index (κ3) is 5.12. The minimum atomic E-state index is -0.576. The maximum Gasteiger partial charge on any atom is 0.240 e. The summed E-state index contributed by atoms with van der Waals surface area (Å²) in [6, 6.07) is 9.21. The van der Waals surface area contributed by atoms with E-state index in [1.807, 2.05) is 44.2 Å². The van der Waals surface area contributed by atoms with Crippen molar-refractivity contribution in [2.24, 2.45) is 11.7 Å². The van der Waals surface area contributed by atoms with Crippen molar-refractivity contribution in [1.82, 2.24) is 5.32 Å². The lowest BCUT2D eigenvalue weighted by atomic mass is 9.98. The largest absolute Gasteiger partial charge is 0.368 e. The van der Waals surface area contributed by atoms with Crippen LogP contribution in [-0.2, 0) is 16.0 Å². The van der Waals surface area contributed by atoms with E-state index in [1.54, 1.807) is 0 Å². The van der Waals surface area contributed by atoms with Gasteiger partial charge in [0.1, 0.15) is 6.04 Å². The molecule has 0 aliphatic carbocycles. The predicted octanol–water partition coefficient (Wildman–Crippen LogP) is 1.64. The lowest BCUT2D eigenvalue weighted by Gasteiger charge is -2.21. The van der Waals surface area contributed by atoms with Crippen molar-refractivity contribution in [1.29, 1.82) is 0 Å². The first-order valence-electron chi connectivity index (χ1n) is 6.67. The van der Waals surface area contributed by atoms with Gasteiger partial charge in [0.05, 0.1) is 0 Å². The number of aryl methyl sites for hydroxylation is 1. The minimum Gasteiger partial charge on any atom is -0.368 e. The van der Waals surface area contributed by atoms with Crippen LogP contribution in [0.1, 0.15) is 32.3 Å². The molecule has 0 fully saturated rings. The fourth-order valence-corrected chi connectivity index (χ4v) is 1.88. The first-order chi connectivity index (χ1) is 9.04. The van der Waals surface area contributed by atoms with Crippen LogP contribution in [0.2, 0.25) is 0 Å². The highest BCUT2D eigenvalue weighted by Crippen LogP contribution is 2.08. The fourth-order valence-electron chi connectivity index (χ4n) is 1.88. The topological polar surface area (TPSA) is 72.2 Å². The molecular formula is C15H22N2O2. The van der Waals surface area contributed by atoms with Crippen molar-refractivity contribution in [3.05, 3.63) is 35.9 Å². The molecule has 1 rings (SSSR count). The zero-order valence-corrected chi connectivity index (χ0v) is 11.6. The van der Waals surface area contributed by atoms with Gasteiger partial charge in [-0.25, -0.2) is 0 Å². The van der Waals surface area contributed by atoms with Crippen LogP contribution in [0, 0.1) is 5.92 Å². The summed E-state index contributed by atoms with van der Waals surface area (Å²) in [5, 5.41) is 2.72. The molecular weight excluding hydrogens is 240 g/mol. The van der Waals surface area contributed by atoms with E-state index >= 15 is 0 Å². The van der Waals surface area contributed by atoms with Crippen molar-refractivity contribution in [3.8, 4) is 0 Å². The molecule has 0 unspecified atom stereocenters. The van der Waals surface area contributed by atoms with Crippen LogP contribution in [0.15, 0.2) is 30.3 Å². The molecule has 4 heteroatoms. The molecule has 2 atom stereocenters. The normalized spacial score (nSPS) is 13.6.